The number of aliphatic hydroxyl groups is 1. The maximum Gasteiger partial charge on any atom is 0.293 e. The van der Waals surface area contributed by atoms with Crippen molar-refractivity contribution in [2.24, 2.45) is 0 Å². The largest absolute Gasteiger partial charge is 0.463 e. The number of carbonyl (C=O) groups excluding carboxylic acids is 1. The second-order valence-electron chi connectivity index (χ2n) is 3.19. The van der Waals surface area contributed by atoms with Crippen molar-refractivity contribution >= 4 is 6.47 Å². The van der Waals surface area contributed by atoms with Gasteiger partial charge in [0, 0.05) is 0 Å². The lowest BCUT2D eigenvalue weighted by atomic mass is 10.1. The topological polar surface area (TPSA) is 46.5 Å². The van der Waals surface area contributed by atoms with Crippen LogP contribution < -0.4 is 0 Å². The third kappa shape index (κ3) is 3.56. The Hall–Kier alpha value is -1.61. The van der Waals surface area contributed by atoms with Crippen LogP contribution in [0.2, 0.25) is 0 Å². The molecular formula is C12H14O3. The molecule has 3 nitrogen and oxygen atoms in total. The fourth-order valence-corrected chi connectivity index (χ4v) is 1.26. The third-order valence-corrected chi connectivity index (χ3v) is 2.07. The summed E-state index contributed by atoms with van der Waals surface area (Å²) < 4.78 is 4.61. The maximum absolute atomic E-state index is 9.97. The van der Waals surface area contributed by atoms with E-state index in [1.54, 1.807) is 6.08 Å². The fraction of sp³-hybridized carbons (Fsp3) is 0.250. The molecule has 1 rings (SSSR count). The first-order valence-corrected chi connectivity index (χ1v) is 4.71. The molecule has 0 aromatic heterocycles. The fourth-order valence-electron chi connectivity index (χ4n) is 1.26. The first-order valence-electron chi connectivity index (χ1n) is 4.71. The Morgan fingerprint density at radius 2 is 2.07 bits per heavy atom. The van der Waals surface area contributed by atoms with E-state index in [1.165, 1.54) is 0 Å². The zero-order valence-electron chi connectivity index (χ0n) is 8.43. The van der Waals surface area contributed by atoms with Gasteiger partial charge in [0.15, 0.2) is 0 Å². The van der Waals surface area contributed by atoms with Crippen molar-refractivity contribution in [2.75, 3.05) is 0 Å². The molecule has 1 N–H and O–H groups in total. The van der Waals surface area contributed by atoms with Gasteiger partial charge in [-0.15, -0.1) is 6.58 Å². The summed E-state index contributed by atoms with van der Waals surface area (Å²) in [6.45, 7) is 4.25. The summed E-state index contributed by atoms with van der Waals surface area (Å²) in [5, 5.41) is 9.63. The predicted octanol–water partition coefficient (Wildman–Crippen LogP) is 1.97. The van der Waals surface area contributed by atoms with Gasteiger partial charge in [0.25, 0.3) is 6.47 Å². The third-order valence-electron chi connectivity index (χ3n) is 2.07. The molecule has 0 spiro atoms. The van der Waals surface area contributed by atoms with Crippen molar-refractivity contribution in [3.8, 4) is 0 Å². The quantitative estimate of drug-likeness (QED) is 0.571. The molecule has 1 aromatic rings. The first-order chi connectivity index (χ1) is 7.27. The van der Waals surface area contributed by atoms with E-state index in [4.69, 9.17) is 0 Å². The van der Waals surface area contributed by atoms with Crippen molar-refractivity contribution in [2.45, 2.75) is 19.1 Å². The molecule has 0 saturated heterocycles. The van der Waals surface area contributed by atoms with Crippen LogP contribution in [0.5, 0.6) is 0 Å². The number of rotatable bonds is 6. The highest BCUT2D eigenvalue weighted by Crippen LogP contribution is 2.17. The van der Waals surface area contributed by atoms with Crippen LogP contribution in [0.15, 0.2) is 36.9 Å². The summed E-state index contributed by atoms with van der Waals surface area (Å²) in [4.78, 5) is 9.97. The van der Waals surface area contributed by atoms with Crippen LogP contribution in [0.3, 0.4) is 0 Å². The van der Waals surface area contributed by atoms with Crippen molar-refractivity contribution < 1.29 is 14.6 Å². The molecule has 0 heterocycles. The zero-order chi connectivity index (χ0) is 11.1. The van der Waals surface area contributed by atoms with Crippen LogP contribution in [0, 0.1) is 0 Å². The smallest absolute Gasteiger partial charge is 0.293 e. The van der Waals surface area contributed by atoms with Gasteiger partial charge in [-0.3, -0.25) is 4.79 Å². The lowest BCUT2D eigenvalue weighted by molar-refractivity contribution is -0.129. The molecule has 0 aliphatic heterocycles. The number of hydrogen-bond donors (Lipinski definition) is 1. The van der Waals surface area contributed by atoms with E-state index >= 15 is 0 Å². The minimum atomic E-state index is -0.511. The number of ether oxygens (including phenoxy) is 1. The van der Waals surface area contributed by atoms with Crippen LogP contribution in [0.25, 0.3) is 0 Å². The van der Waals surface area contributed by atoms with E-state index in [0.29, 0.717) is 12.9 Å². The standard InChI is InChI=1S/C12H14O3/c1-2-3-12(14)11-6-4-10(5-7-11)8-15-9-13/h2,4-7,9,12,14H,1,3,8H2/t12-/m1/s1. The molecule has 1 atom stereocenters. The predicted molar refractivity (Wildman–Crippen MR) is 57.1 cm³/mol. The molecule has 80 valence electrons. The molecule has 1 aromatic carbocycles. The Labute approximate surface area is 89.0 Å². The van der Waals surface area contributed by atoms with E-state index in [-0.39, 0.29) is 6.61 Å². The Morgan fingerprint density at radius 3 is 2.60 bits per heavy atom. The van der Waals surface area contributed by atoms with Crippen LogP contribution in [-0.2, 0) is 16.1 Å². The molecule has 0 amide bonds. The van der Waals surface area contributed by atoms with Crippen LogP contribution >= 0.6 is 0 Å². The SMILES string of the molecule is C=CC[C@@H](O)c1ccc(COC=O)cc1. The van der Waals surface area contributed by atoms with Crippen molar-refractivity contribution in [3.63, 3.8) is 0 Å². The van der Waals surface area contributed by atoms with Gasteiger partial charge in [0.05, 0.1) is 6.10 Å². The Kier molecular flexibility index (Phi) is 4.57. The lowest BCUT2D eigenvalue weighted by Crippen LogP contribution is -1.96. The second-order valence-corrected chi connectivity index (χ2v) is 3.19. The average Bonchev–Trinajstić information content (AvgIpc) is 2.27. The molecule has 0 radical (unpaired) electrons. The van der Waals surface area contributed by atoms with E-state index in [0.717, 1.165) is 11.1 Å². The number of benzene rings is 1. The second kappa shape index (κ2) is 5.98. The molecule has 0 saturated carbocycles. The molecule has 0 aliphatic rings. The average molecular weight is 206 g/mol. The number of carbonyl (C=O) groups is 1. The normalized spacial score (nSPS) is 11.8. The van der Waals surface area contributed by atoms with Gasteiger partial charge >= 0.3 is 0 Å². The van der Waals surface area contributed by atoms with Crippen molar-refractivity contribution in [1.82, 2.24) is 0 Å². The molecule has 0 aliphatic carbocycles. The highest BCUT2D eigenvalue weighted by Gasteiger charge is 2.04. The summed E-state index contributed by atoms with van der Waals surface area (Å²) in [6, 6.07) is 7.28. The van der Waals surface area contributed by atoms with E-state index in [2.05, 4.69) is 11.3 Å². The maximum atomic E-state index is 9.97. The Balaban J connectivity index is 2.62. The highest BCUT2D eigenvalue weighted by atomic mass is 16.5. The van der Waals surface area contributed by atoms with E-state index < -0.39 is 6.10 Å². The first kappa shape index (κ1) is 11.5. The molecular weight excluding hydrogens is 192 g/mol. The highest BCUT2D eigenvalue weighted by molar-refractivity contribution is 5.37. The monoisotopic (exact) mass is 206 g/mol. The van der Waals surface area contributed by atoms with Gasteiger partial charge in [0.2, 0.25) is 0 Å². The Bertz CT molecular complexity index is 316. The van der Waals surface area contributed by atoms with E-state index in [9.17, 15) is 9.90 Å². The van der Waals surface area contributed by atoms with Crippen LogP contribution in [0.1, 0.15) is 23.7 Å². The van der Waals surface area contributed by atoms with Crippen LogP contribution in [-0.4, -0.2) is 11.6 Å². The summed E-state index contributed by atoms with van der Waals surface area (Å²) in [5.74, 6) is 0. The van der Waals surface area contributed by atoms with Gasteiger partial charge < -0.3 is 9.84 Å². The van der Waals surface area contributed by atoms with Crippen molar-refractivity contribution in [3.05, 3.63) is 48.0 Å². The zero-order valence-corrected chi connectivity index (χ0v) is 8.43. The van der Waals surface area contributed by atoms with Crippen molar-refractivity contribution in [1.29, 1.82) is 0 Å². The lowest BCUT2D eigenvalue weighted by Gasteiger charge is -2.08. The Morgan fingerprint density at radius 1 is 1.40 bits per heavy atom. The summed E-state index contributed by atoms with van der Waals surface area (Å²) >= 11 is 0. The molecule has 0 bridgehead atoms. The summed E-state index contributed by atoms with van der Waals surface area (Å²) in [7, 11) is 0. The van der Waals surface area contributed by atoms with Gasteiger partial charge in [-0.2, -0.15) is 0 Å². The van der Waals surface area contributed by atoms with Gasteiger partial charge in [0.1, 0.15) is 6.61 Å². The van der Waals surface area contributed by atoms with E-state index in [1.807, 2.05) is 24.3 Å². The van der Waals surface area contributed by atoms with Gasteiger partial charge in [-0.05, 0) is 17.5 Å². The molecule has 3 heteroatoms. The minimum Gasteiger partial charge on any atom is -0.463 e. The number of hydrogen-bond acceptors (Lipinski definition) is 3. The summed E-state index contributed by atoms with van der Waals surface area (Å²) in [6.07, 6.45) is 1.70. The summed E-state index contributed by atoms with van der Waals surface area (Å²) in [5.41, 5.74) is 1.74. The minimum absolute atomic E-state index is 0.265. The molecule has 0 fully saturated rings. The van der Waals surface area contributed by atoms with Gasteiger partial charge in [-0.1, -0.05) is 30.3 Å². The van der Waals surface area contributed by atoms with Gasteiger partial charge in [-0.25, -0.2) is 0 Å². The number of aliphatic hydroxyl groups excluding tert-OH is 1. The molecule has 0 unspecified atom stereocenters. The molecule has 15 heavy (non-hydrogen) atoms. The van der Waals surface area contributed by atoms with Crippen LogP contribution in [0.4, 0.5) is 0 Å².